The monoisotopic (exact) mass is 406 g/mol. The maximum atomic E-state index is 13.4. The molecule has 0 fully saturated rings. The van der Waals surface area contributed by atoms with Gasteiger partial charge in [0.1, 0.15) is 17.2 Å². The highest BCUT2D eigenvalue weighted by Crippen LogP contribution is 2.45. The molecule has 1 atom stereocenters. The number of carbonyl (C=O) groups is 1. The van der Waals surface area contributed by atoms with Crippen LogP contribution < -0.4 is 9.64 Å². The number of phenols is 1. The van der Waals surface area contributed by atoms with Crippen LogP contribution in [0, 0.1) is 0 Å². The molecule has 4 aromatic rings. The second kappa shape index (κ2) is 6.71. The van der Waals surface area contributed by atoms with Crippen LogP contribution in [-0.4, -0.2) is 35.5 Å². The van der Waals surface area contributed by atoms with Crippen molar-refractivity contribution in [1.29, 1.82) is 0 Å². The van der Waals surface area contributed by atoms with Crippen LogP contribution in [-0.2, 0) is 0 Å². The number of phenolic OH excluding ortho intramolecular Hbond substituents is 1. The predicted octanol–water partition coefficient (Wildman–Crippen LogP) is 5.02. The third-order valence-electron chi connectivity index (χ3n) is 5.63. The van der Waals surface area contributed by atoms with E-state index in [0.717, 1.165) is 33.0 Å². The molecule has 0 radical (unpaired) electrons. The molecule has 0 saturated carbocycles. The van der Waals surface area contributed by atoms with Crippen molar-refractivity contribution in [2.75, 3.05) is 24.4 Å². The number of rotatable bonds is 3. The number of nitrogens with one attached hydrogen (secondary N) is 1. The average molecular weight is 407 g/mol. The zero-order valence-corrected chi connectivity index (χ0v) is 16.5. The first-order chi connectivity index (χ1) is 14.1. The molecule has 0 bridgehead atoms. The number of H-pyrrole nitrogens is 1. The van der Waals surface area contributed by atoms with Crippen LogP contribution in [0.5, 0.6) is 11.5 Å². The molecule has 3 aromatic carbocycles. The fraction of sp³-hybridized carbons (Fsp3) is 0.174. The van der Waals surface area contributed by atoms with Gasteiger partial charge in [0.05, 0.1) is 12.8 Å². The van der Waals surface area contributed by atoms with Gasteiger partial charge in [0.25, 0.3) is 5.91 Å². The Morgan fingerprint density at radius 1 is 1.21 bits per heavy atom. The lowest BCUT2D eigenvalue weighted by Crippen LogP contribution is -2.30. The summed E-state index contributed by atoms with van der Waals surface area (Å²) in [6.45, 7) is 0.476. The molecule has 0 spiro atoms. The number of aromatic amines is 1. The van der Waals surface area contributed by atoms with Gasteiger partial charge in [-0.1, -0.05) is 24.3 Å². The van der Waals surface area contributed by atoms with Gasteiger partial charge in [-0.05, 0) is 35.2 Å². The van der Waals surface area contributed by atoms with Gasteiger partial charge < -0.3 is 19.7 Å². The molecule has 0 unspecified atom stereocenters. The minimum absolute atomic E-state index is 0.00518. The van der Waals surface area contributed by atoms with E-state index in [1.807, 2.05) is 48.5 Å². The Morgan fingerprint density at radius 3 is 2.76 bits per heavy atom. The standard InChI is InChI=1S/C23H19ClN2O3/c1-29-15-6-7-18-13(8-15)9-19(25-18)23(28)26-12-14(11-24)22-17-5-3-2-4-16(17)21(27)10-20(22)26/h2-10,14,25,27H,11-12H2,1H3/t14-/m1/s1. The maximum Gasteiger partial charge on any atom is 0.274 e. The van der Waals surface area contributed by atoms with Gasteiger partial charge in [0, 0.05) is 40.7 Å². The number of aromatic hydroxyl groups is 1. The highest BCUT2D eigenvalue weighted by molar-refractivity contribution is 6.19. The van der Waals surface area contributed by atoms with E-state index < -0.39 is 0 Å². The quantitative estimate of drug-likeness (QED) is 0.469. The molecule has 0 saturated heterocycles. The van der Waals surface area contributed by atoms with Gasteiger partial charge in [-0.2, -0.15) is 0 Å². The summed E-state index contributed by atoms with van der Waals surface area (Å²) < 4.78 is 5.27. The highest BCUT2D eigenvalue weighted by Gasteiger charge is 2.35. The Morgan fingerprint density at radius 2 is 2.00 bits per heavy atom. The normalized spacial score (nSPS) is 15.8. The van der Waals surface area contributed by atoms with E-state index in [4.69, 9.17) is 16.3 Å². The Bertz CT molecular complexity index is 1260. The van der Waals surface area contributed by atoms with Gasteiger partial charge in [-0.15, -0.1) is 11.6 Å². The van der Waals surface area contributed by atoms with Crippen molar-refractivity contribution >= 4 is 44.9 Å². The SMILES string of the molecule is COc1ccc2[nH]c(C(=O)N3C[C@@H](CCl)c4c3cc(O)c3ccccc43)cc2c1. The maximum absolute atomic E-state index is 13.4. The van der Waals surface area contributed by atoms with Crippen molar-refractivity contribution in [3.05, 3.63) is 65.9 Å². The molecule has 1 aliphatic rings. The van der Waals surface area contributed by atoms with Gasteiger partial charge in [0.2, 0.25) is 0 Å². The molecule has 1 aliphatic heterocycles. The predicted molar refractivity (Wildman–Crippen MR) is 116 cm³/mol. The summed E-state index contributed by atoms with van der Waals surface area (Å²) in [6, 6.07) is 16.8. The number of halogens is 1. The van der Waals surface area contributed by atoms with Crippen LogP contribution in [0.4, 0.5) is 5.69 Å². The number of carbonyl (C=O) groups excluding carboxylic acids is 1. The van der Waals surface area contributed by atoms with Crippen LogP contribution in [0.2, 0.25) is 0 Å². The lowest BCUT2D eigenvalue weighted by molar-refractivity contribution is 0.0984. The van der Waals surface area contributed by atoms with E-state index in [-0.39, 0.29) is 17.6 Å². The summed E-state index contributed by atoms with van der Waals surface area (Å²) in [5.41, 5.74) is 3.08. The number of ether oxygens (including phenoxy) is 1. The fourth-order valence-electron chi connectivity index (χ4n) is 4.24. The molecule has 1 amide bonds. The van der Waals surface area contributed by atoms with Crippen molar-refractivity contribution in [3.8, 4) is 11.5 Å². The molecular weight excluding hydrogens is 388 g/mol. The van der Waals surface area contributed by atoms with Crippen molar-refractivity contribution in [3.63, 3.8) is 0 Å². The Hall–Kier alpha value is -3.18. The van der Waals surface area contributed by atoms with Crippen LogP contribution in [0.1, 0.15) is 22.0 Å². The second-order valence-corrected chi connectivity index (χ2v) is 7.59. The molecule has 5 nitrogen and oxygen atoms in total. The molecular formula is C23H19ClN2O3. The molecule has 2 heterocycles. The highest BCUT2D eigenvalue weighted by atomic mass is 35.5. The molecule has 0 aliphatic carbocycles. The average Bonchev–Trinajstić information content (AvgIpc) is 3.34. The zero-order chi connectivity index (χ0) is 20.1. The van der Waals surface area contributed by atoms with Gasteiger partial charge in [-0.25, -0.2) is 0 Å². The van der Waals surface area contributed by atoms with Crippen LogP contribution in [0.3, 0.4) is 0 Å². The number of amides is 1. The Balaban J connectivity index is 1.62. The summed E-state index contributed by atoms with van der Waals surface area (Å²) in [6.07, 6.45) is 0. The van der Waals surface area contributed by atoms with Crippen LogP contribution in [0.25, 0.3) is 21.7 Å². The number of benzene rings is 3. The van der Waals surface area contributed by atoms with Crippen molar-refractivity contribution in [2.45, 2.75) is 5.92 Å². The summed E-state index contributed by atoms with van der Waals surface area (Å²) in [5.74, 6) is 1.15. The van der Waals surface area contributed by atoms with E-state index in [1.54, 1.807) is 18.1 Å². The number of hydrogen-bond acceptors (Lipinski definition) is 3. The number of anilines is 1. The minimum atomic E-state index is -0.149. The van der Waals surface area contributed by atoms with Crippen molar-refractivity contribution < 1.29 is 14.6 Å². The number of aromatic nitrogens is 1. The lowest BCUT2D eigenvalue weighted by Gasteiger charge is -2.17. The van der Waals surface area contributed by atoms with Crippen LogP contribution >= 0.6 is 11.6 Å². The number of alkyl halides is 1. The first kappa shape index (κ1) is 17.9. The van der Waals surface area contributed by atoms with E-state index in [2.05, 4.69) is 4.98 Å². The molecule has 29 heavy (non-hydrogen) atoms. The summed E-state index contributed by atoms with van der Waals surface area (Å²) in [7, 11) is 1.62. The summed E-state index contributed by atoms with van der Waals surface area (Å²) in [5, 5.41) is 13.2. The third-order valence-corrected chi connectivity index (χ3v) is 6.01. The second-order valence-electron chi connectivity index (χ2n) is 7.28. The first-order valence-corrected chi connectivity index (χ1v) is 9.93. The summed E-state index contributed by atoms with van der Waals surface area (Å²) >= 11 is 6.27. The molecule has 6 heteroatoms. The smallest absolute Gasteiger partial charge is 0.274 e. The molecule has 146 valence electrons. The summed E-state index contributed by atoms with van der Waals surface area (Å²) in [4.78, 5) is 18.3. The number of nitrogens with zero attached hydrogens (tertiary/aromatic N) is 1. The number of methoxy groups -OCH3 is 1. The van der Waals surface area contributed by atoms with Gasteiger partial charge >= 0.3 is 0 Å². The number of hydrogen-bond donors (Lipinski definition) is 2. The van der Waals surface area contributed by atoms with Crippen molar-refractivity contribution in [2.24, 2.45) is 0 Å². The largest absolute Gasteiger partial charge is 0.507 e. The number of fused-ring (bicyclic) bond motifs is 4. The molecule has 5 rings (SSSR count). The van der Waals surface area contributed by atoms with Gasteiger partial charge in [0.15, 0.2) is 0 Å². The zero-order valence-electron chi connectivity index (χ0n) is 15.8. The molecule has 1 aromatic heterocycles. The Labute approximate surface area is 172 Å². The Kier molecular flexibility index (Phi) is 4.14. The van der Waals surface area contributed by atoms with Crippen molar-refractivity contribution in [1.82, 2.24) is 4.98 Å². The van der Waals surface area contributed by atoms with E-state index >= 15 is 0 Å². The van der Waals surface area contributed by atoms with E-state index in [1.165, 1.54) is 0 Å². The fourth-order valence-corrected chi connectivity index (χ4v) is 4.50. The third kappa shape index (κ3) is 2.73. The van der Waals surface area contributed by atoms with Crippen LogP contribution in [0.15, 0.2) is 54.6 Å². The lowest BCUT2D eigenvalue weighted by atomic mass is 9.95. The van der Waals surface area contributed by atoms with E-state index in [0.29, 0.717) is 23.8 Å². The first-order valence-electron chi connectivity index (χ1n) is 9.40. The topological polar surface area (TPSA) is 65.6 Å². The van der Waals surface area contributed by atoms with Gasteiger partial charge in [-0.3, -0.25) is 4.79 Å². The van der Waals surface area contributed by atoms with E-state index in [9.17, 15) is 9.90 Å². The molecule has 2 N–H and O–H groups in total. The minimum Gasteiger partial charge on any atom is -0.507 e.